The lowest BCUT2D eigenvalue weighted by Crippen LogP contribution is -2.40. The van der Waals surface area contributed by atoms with Gasteiger partial charge in [0.2, 0.25) is 5.91 Å². The van der Waals surface area contributed by atoms with Crippen LogP contribution in [0, 0.1) is 5.82 Å². The predicted molar refractivity (Wildman–Crippen MR) is 101 cm³/mol. The first-order chi connectivity index (χ1) is 12.0. The second kappa shape index (κ2) is 6.21. The smallest absolute Gasteiger partial charge is 0.235 e. The van der Waals surface area contributed by atoms with Crippen molar-refractivity contribution in [1.29, 1.82) is 0 Å². The third-order valence-corrected chi connectivity index (χ3v) is 6.42. The number of amides is 1. The fourth-order valence-corrected chi connectivity index (χ4v) is 4.56. The fraction of sp³-hybridized carbons (Fsp3) is 0.278. The number of benzene rings is 2. The summed E-state index contributed by atoms with van der Waals surface area (Å²) in [6.45, 7) is 0. The summed E-state index contributed by atoms with van der Waals surface area (Å²) in [7, 11) is 1.51. The van der Waals surface area contributed by atoms with Gasteiger partial charge in [-0.2, -0.15) is 0 Å². The van der Waals surface area contributed by atoms with Crippen molar-refractivity contribution in [3.63, 3.8) is 0 Å². The molecule has 2 aromatic rings. The molecule has 2 aromatic carbocycles. The molecule has 1 saturated carbocycles. The van der Waals surface area contributed by atoms with Crippen LogP contribution in [0.25, 0.3) is 0 Å². The Morgan fingerprint density at radius 3 is 2.76 bits per heavy atom. The molecule has 25 heavy (non-hydrogen) atoms. The Hall–Kier alpha value is -1.73. The van der Waals surface area contributed by atoms with E-state index in [0.717, 1.165) is 40.7 Å². The van der Waals surface area contributed by atoms with Crippen molar-refractivity contribution in [1.82, 2.24) is 0 Å². The minimum Gasteiger partial charge on any atom is -0.497 e. The summed E-state index contributed by atoms with van der Waals surface area (Å²) in [4.78, 5) is 12.8. The van der Waals surface area contributed by atoms with Gasteiger partial charge in [-0.05, 0) is 70.5 Å². The van der Waals surface area contributed by atoms with Gasteiger partial charge >= 0.3 is 0 Å². The van der Waals surface area contributed by atoms with Gasteiger partial charge in [0.25, 0.3) is 0 Å². The number of rotatable bonds is 4. The van der Waals surface area contributed by atoms with E-state index in [9.17, 15) is 9.18 Å². The highest BCUT2D eigenvalue weighted by molar-refractivity contribution is 9.10. The lowest BCUT2D eigenvalue weighted by atomic mass is 9.65. The molecule has 1 aliphatic carbocycles. The lowest BCUT2D eigenvalue weighted by molar-refractivity contribution is -0.123. The van der Waals surface area contributed by atoms with Gasteiger partial charge in [-0.3, -0.25) is 4.79 Å². The molecule has 0 atom stereocenters. The molecule has 2 aliphatic rings. The number of fused-ring (bicyclic) bond motifs is 2. The normalized spacial score (nSPS) is 17.0. The summed E-state index contributed by atoms with van der Waals surface area (Å²) in [6, 6.07) is 8.63. The number of halogens is 2. The highest BCUT2D eigenvalue weighted by Crippen LogP contribution is 2.53. The molecule has 4 nitrogen and oxygen atoms in total. The van der Waals surface area contributed by atoms with E-state index in [1.807, 2.05) is 12.1 Å². The zero-order valence-corrected chi connectivity index (χ0v) is 15.9. The predicted octanol–water partition coefficient (Wildman–Crippen LogP) is 5.09. The van der Waals surface area contributed by atoms with Crippen molar-refractivity contribution in [2.75, 3.05) is 17.1 Å². The molecule has 1 fully saturated rings. The topological polar surface area (TPSA) is 50.4 Å². The van der Waals surface area contributed by atoms with Gasteiger partial charge in [0.1, 0.15) is 11.6 Å². The quantitative estimate of drug-likeness (QED) is 0.673. The molecule has 1 amide bonds. The molecule has 0 bridgehead atoms. The van der Waals surface area contributed by atoms with Crippen molar-refractivity contribution in [3.05, 3.63) is 46.2 Å². The molecule has 0 aromatic heterocycles. The number of nitrogens with one attached hydrogen (secondary N) is 2. The average molecular weight is 423 g/mol. The maximum absolute atomic E-state index is 14.1. The molecule has 0 unspecified atom stereocenters. The van der Waals surface area contributed by atoms with Gasteiger partial charge in [-0.1, -0.05) is 6.42 Å². The van der Waals surface area contributed by atoms with Gasteiger partial charge in [-0.25, -0.2) is 4.39 Å². The fourth-order valence-electron chi connectivity index (χ4n) is 3.36. The van der Waals surface area contributed by atoms with E-state index < -0.39 is 0 Å². The minimum absolute atomic E-state index is 0.0838. The molecular weight excluding hydrogens is 407 g/mol. The Bertz CT molecular complexity index is 870. The van der Waals surface area contributed by atoms with Crippen LogP contribution in [-0.2, 0) is 10.2 Å². The number of carbonyl (C=O) groups excluding carboxylic acids is 1. The first-order valence-electron chi connectivity index (χ1n) is 7.95. The van der Waals surface area contributed by atoms with Crippen molar-refractivity contribution >= 4 is 45.2 Å². The van der Waals surface area contributed by atoms with Gasteiger partial charge in [0, 0.05) is 16.2 Å². The lowest BCUT2D eigenvalue weighted by Gasteiger charge is -2.36. The summed E-state index contributed by atoms with van der Waals surface area (Å²) in [5, 5.41) is 2.99. The Labute approximate surface area is 157 Å². The van der Waals surface area contributed by atoms with Crippen molar-refractivity contribution < 1.29 is 13.9 Å². The molecule has 7 heteroatoms. The highest BCUT2D eigenvalue weighted by Gasteiger charge is 2.51. The van der Waals surface area contributed by atoms with Gasteiger partial charge in [0.05, 0.1) is 23.1 Å². The van der Waals surface area contributed by atoms with Crippen molar-refractivity contribution in [3.8, 4) is 5.75 Å². The van der Waals surface area contributed by atoms with Crippen LogP contribution >= 0.6 is 27.9 Å². The van der Waals surface area contributed by atoms with E-state index in [1.165, 1.54) is 25.1 Å². The molecule has 1 heterocycles. The Morgan fingerprint density at radius 2 is 2.12 bits per heavy atom. The van der Waals surface area contributed by atoms with Gasteiger partial charge in [-0.15, -0.1) is 0 Å². The molecule has 0 saturated heterocycles. The van der Waals surface area contributed by atoms with E-state index in [4.69, 9.17) is 4.74 Å². The summed E-state index contributed by atoms with van der Waals surface area (Å²) in [5.41, 5.74) is 2.33. The molecule has 1 spiro atoms. The number of ether oxygens (including phenoxy) is 1. The molecule has 2 N–H and O–H groups in total. The largest absolute Gasteiger partial charge is 0.497 e. The summed E-state index contributed by atoms with van der Waals surface area (Å²) in [5.74, 6) is 0.225. The van der Waals surface area contributed by atoms with Crippen molar-refractivity contribution in [2.45, 2.75) is 29.6 Å². The Morgan fingerprint density at radius 1 is 1.32 bits per heavy atom. The number of anilines is 2. The monoisotopic (exact) mass is 422 g/mol. The summed E-state index contributed by atoms with van der Waals surface area (Å²) >= 11 is 4.73. The van der Waals surface area contributed by atoms with Crippen LogP contribution in [0.5, 0.6) is 5.75 Å². The first kappa shape index (κ1) is 16.7. The molecule has 4 rings (SSSR count). The standard InChI is InChI=1S/C18H16BrFN2O2S/c1-24-11-3-4-15(14(20)9-11)25-22-10-7-12-16(13(19)8-10)21-17(23)18(12)5-2-6-18/h3-4,7-9,22H,2,5-6H2,1H3,(H,21,23). The zero-order chi connectivity index (χ0) is 17.6. The minimum atomic E-state index is -0.383. The number of carbonyl (C=O) groups is 1. The molecule has 1 aliphatic heterocycles. The van der Waals surface area contributed by atoms with Crippen LogP contribution < -0.4 is 14.8 Å². The first-order valence-corrected chi connectivity index (χ1v) is 9.56. The third kappa shape index (κ3) is 2.69. The second-order valence-electron chi connectivity index (χ2n) is 6.27. The van der Waals surface area contributed by atoms with E-state index in [1.54, 1.807) is 12.1 Å². The second-order valence-corrected chi connectivity index (χ2v) is 7.97. The highest BCUT2D eigenvalue weighted by atomic mass is 79.9. The van der Waals surface area contributed by atoms with Crippen molar-refractivity contribution in [2.24, 2.45) is 0 Å². The maximum Gasteiger partial charge on any atom is 0.235 e. The van der Waals surface area contributed by atoms with Gasteiger partial charge in [0.15, 0.2) is 0 Å². The Kier molecular flexibility index (Phi) is 4.16. The molecular formula is C18H16BrFN2O2S. The van der Waals surface area contributed by atoms with E-state index >= 15 is 0 Å². The number of hydrogen-bond donors (Lipinski definition) is 2. The van der Waals surface area contributed by atoms with E-state index in [-0.39, 0.29) is 17.1 Å². The average Bonchev–Trinajstić information content (AvgIpc) is 2.86. The van der Waals surface area contributed by atoms with Crippen LogP contribution in [0.1, 0.15) is 24.8 Å². The van der Waals surface area contributed by atoms with Gasteiger partial charge < -0.3 is 14.8 Å². The zero-order valence-electron chi connectivity index (χ0n) is 13.5. The number of hydrogen-bond acceptors (Lipinski definition) is 4. The molecule has 0 radical (unpaired) electrons. The summed E-state index contributed by atoms with van der Waals surface area (Å²) < 4.78 is 23.1. The molecule has 130 valence electrons. The van der Waals surface area contributed by atoms with E-state index in [0.29, 0.717) is 10.6 Å². The Balaban J connectivity index is 1.59. The summed E-state index contributed by atoms with van der Waals surface area (Å²) in [6.07, 6.45) is 2.82. The van der Waals surface area contributed by atoms with E-state index in [2.05, 4.69) is 26.0 Å². The van der Waals surface area contributed by atoms with Crippen LogP contribution in [-0.4, -0.2) is 13.0 Å². The third-order valence-electron chi connectivity index (χ3n) is 4.90. The van der Waals surface area contributed by atoms with Crippen LogP contribution in [0.2, 0.25) is 0 Å². The van der Waals surface area contributed by atoms with Crippen LogP contribution in [0.15, 0.2) is 39.7 Å². The SMILES string of the molecule is COc1ccc(SNc2cc(Br)c3c(c2)C2(CCC2)C(=O)N3)c(F)c1. The maximum atomic E-state index is 14.1. The van der Waals surface area contributed by atoms with Crippen LogP contribution in [0.4, 0.5) is 15.8 Å². The number of methoxy groups -OCH3 is 1. The van der Waals surface area contributed by atoms with Crippen LogP contribution in [0.3, 0.4) is 0 Å².